The Morgan fingerprint density at radius 3 is 2.61 bits per heavy atom. The second-order valence-corrected chi connectivity index (χ2v) is 8.93. The zero-order valence-corrected chi connectivity index (χ0v) is 19.6. The van der Waals surface area contributed by atoms with Crippen LogP contribution in [0.15, 0.2) is 58.6 Å². The molecule has 0 radical (unpaired) electrons. The molecule has 1 unspecified atom stereocenters. The lowest BCUT2D eigenvalue weighted by molar-refractivity contribution is -0.113. The number of nitrogens with zero attached hydrogens (tertiary/aromatic N) is 3. The van der Waals surface area contributed by atoms with Gasteiger partial charge in [0, 0.05) is 28.2 Å². The SMILES string of the molecule is CSc1cccc(NC(=O)CSc2nnc(C(C)NC(=O)c3ccc(Cl)cc3)n2C)c1. The van der Waals surface area contributed by atoms with Crippen molar-refractivity contribution in [1.82, 2.24) is 20.1 Å². The minimum Gasteiger partial charge on any atom is -0.342 e. The van der Waals surface area contributed by atoms with Crippen molar-refractivity contribution in [1.29, 1.82) is 0 Å². The third-order valence-electron chi connectivity index (χ3n) is 4.40. The van der Waals surface area contributed by atoms with Gasteiger partial charge in [-0.25, -0.2) is 0 Å². The number of aromatic nitrogens is 3. The van der Waals surface area contributed by atoms with Crippen LogP contribution in [0.5, 0.6) is 0 Å². The molecular formula is C21H22ClN5O2S2. The molecule has 0 fully saturated rings. The largest absolute Gasteiger partial charge is 0.342 e. The number of amides is 2. The Morgan fingerprint density at radius 2 is 1.90 bits per heavy atom. The molecule has 0 saturated carbocycles. The monoisotopic (exact) mass is 475 g/mol. The van der Waals surface area contributed by atoms with Crippen LogP contribution in [0.1, 0.15) is 29.1 Å². The number of nitrogens with one attached hydrogen (secondary N) is 2. The van der Waals surface area contributed by atoms with Gasteiger partial charge < -0.3 is 15.2 Å². The number of anilines is 1. The molecule has 1 aromatic heterocycles. The van der Waals surface area contributed by atoms with E-state index in [9.17, 15) is 9.59 Å². The first-order chi connectivity index (χ1) is 14.9. The molecule has 1 atom stereocenters. The molecule has 31 heavy (non-hydrogen) atoms. The number of rotatable bonds is 8. The van der Waals surface area contributed by atoms with Crippen molar-refractivity contribution in [3.8, 4) is 0 Å². The lowest BCUT2D eigenvalue weighted by Crippen LogP contribution is -2.28. The highest BCUT2D eigenvalue weighted by Gasteiger charge is 2.19. The number of benzene rings is 2. The van der Waals surface area contributed by atoms with Gasteiger partial charge in [0.15, 0.2) is 11.0 Å². The van der Waals surface area contributed by atoms with Crippen molar-refractivity contribution in [2.75, 3.05) is 17.3 Å². The fourth-order valence-corrected chi connectivity index (χ4v) is 4.11. The van der Waals surface area contributed by atoms with Gasteiger partial charge in [-0.3, -0.25) is 9.59 Å². The van der Waals surface area contributed by atoms with Gasteiger partial charge in [-0.05, 0) is 55.6 Å². The number of carbonyl (C=O) groups is 2. The van der Waals surface area contributed by atoms with Gasteiger partial charge in [0.2, 0.25) is 5.91 Å². The molecule has 2 N–H and O–H groups in total. The number of thioether (sulfide) groups is 2. The van der Waals surface area contributed by atoms with Gasteiger partial charge in [0.05, 0.1) is 11.8 Å². The molecule has 7 nitrogen and oxygen atoms in total. The van der Waals surface area contributed by atoms with Crippen molar-refractivity contribution < 1.29 is 9.59 Å². The summed E-state index contributed by atoms with van der Waals surface area (Å²) in [6, 6.07) is 14.0. The molecule has 0 bridgehead atoms. The summed E-state index contributed by atoms with van der Waals surface area (Å²) < 4.78 is 1.78. The van der Waals surface area contributed by atoms with E-state index in [-0.39, 0.29) is 23.6 Å². The molecule has 2 amide bonds. The predicted octanol–water partition coefficient (Wildman–Crippen LogP) is 4.41. The fraction of sp³-hybridized carbons (Fsp3) is 0.238. The second-order valence-electron chi connectivity index (χ2n) is 6.67. The molecule has 0 aliphatic heterocycles. The highest BCUT2D eigenvalue weighted by Crippen LogP contribution is 2.22. The molecule has 0 aliphatic carbocycles. The standard InChI is InChI=1S/C21H22ClN5O2S2/c1-13(23-20(29)14-7-9-15(22)10-8-14)19-25-26-21(27(19)2)31-12-18(28)24-16-5-4-6-17(11-16)30-3/h4-11,13H,12H2,1-3H3,(H,23,29)(H,24,28). The maximum Gasteiger partial charge on any atom is 0.251 e. The van der Waals surface area contributed by atoms with Crippen LogP contribution in [0.4, 0.5) is 5.69 Å². The van der Waals surface area contributed by atoms with Crippen LogP contribution in [-0.4, -0.2) is 38.6 Å². The summed E-state index contributed by atoms with van der Waals surface area (Å²) in [5.41, 5.74) is 1.27. The summed E-state index contributed by atoms with van der Waals surface area (Å²) in [5.74, 6) is 0.434. The predicted molar refractivity (Wildman–Crippen MR) is 126 cm³/mol. The zero-order valence-electron chi connectivity index (χ0n) is 17.3. The van der Waals surface area contributed by atoms with Crippen molar-refractivity contribution in [3.05, 3.63) is 64.9 Å². The summed E-state index contributed by atoms with van der Waals surface area (Å²) in [6.07, 6.45) is 1.99. The quantitative estimate of drug-likeness (QED) is 0.469. The van der Waals surface area contributed by atoms with Crippen molar-refractivity contribution in [2.24, 2.45) is 7.05 Å². The fourth-order valence-electron chi connectivity index (χ4n) is 2.80. The van der Waals surface area contributed by atoms with Gasteiger partial charge >= 0.3 is 0 Å². The molecule has 162 valence electrons. The topological polar surface area (TPSA) is 88.9 Å². The number of hydrogen-bond acceptors (Lipinski definition) is 6. The lowest BCUT2D eigenvalue weighted by Gasteiger charge is -2.13. The first-order valence-corrected chi connectivity index (χ1v) is 12.0. The van der Waals surface area contributed by atoms with Crippen molar-refractivity contribution in [2.45, 2.75) is 23.0 Å². The Kier molecular flexibility index (Phi) is 8.00. The van der Waals surface area contributed by atoms with Crippen LogP contribution in [0.25, 0.3) is 0 Å². The van der Waals surface area contributed by atoms with E-state index < -0.39 is 0 Å². The molecular weight excluding hydrogens is 454 g/mol. The van der Waals surface area contributed by atoms with Crippen molar-refractivity contribution >= 4 is 52.6 Å². The molecule has 3 rings (SSSR count). The average molecular weight is 476 g/mol. The van der Waals surface area contributed by atoms with E-state index in [1.807, 2.05) is 44.5 Å². The Bertz CT molecular complexity index is 1070. The molecule has 0 aliphatic rings. The summed E-state index contributed by atoms with van der Waals surface area (Å²) in [4.78, 5) is 25.8. The molecule has 0 spiro atoms. The van der Waals surface area contributed by atoms with E-state index in [4.69, 9.17) is 11.6 Å². The molecule has 1 heterocycles. The van der Waals surface area contributed by atoms with Gasteiger partial charge in [0.1, 0.15) is 0 Å². The third kappa shape index (κ3) is 6.25. The van der Waals surface area contributed by atoms with Crippen LogP contribution >= 0.6 is 35.1 Å². The van der Waals surface area contributed by atoms with Gasteiger partial charge in [-0.15, -0.1) is 22.0 Å². The van der Waals surface area contributed by atoms with Crippen LogP contribution in [0.3, 0.4) is 0 Å². The lowest BCUT2D eigenvalue weighted by atomic mass is 10.2. The van der Waals surface area contributed by atoms with Gasteiger partial charge in [-0.2, -0.15) is 0 Å². The normalized spacial score (nSPS) is 11.7. The minimum absolute atomic E-state index is 0.128. The van der Waals surface area contributed by atoms with Crippen LogP contribution in [-0.2, 0) is 11.8 Å². The maximum atomic E-state index is 12.4. The van der Waals surface area contributed by atoms with E-state index in [1.165, 1.54) is 11.8 Å². The Labute approximate surface area is 194 Å². The first-order valence-electron chi connectivity index (χ1n) is 9.40. The number of hydrogen-bond donors (Lipinski definition) is 2. The summed E-state index contributed by atoms with van der Waals surface area (Å²) in [7, 11) is 1.81. The van der Waals surface area contributed by atoms with E-state index in [0.717, 1.165) is 10.6 Å². The van der Waals surface area contributed by atoms with E-state index in [2.05, 4.69) is 20.8 Å². The summed E-state index contributed by atoms with van der Waals surface area (Å²) >= 11 is 8.77. The van der Waals surface area contributed by atoms with Gasteiger partial charge in [-0.1, -0.05) is 29.4 Å². The minimum atomic E-state index is -0.363. The highest BCUT2D eigenvalue weighted by atomic mass is 35.5. The van der Waals surface area contributed by atoms with E-state index in [1.54, 1.807) is 40.6 Å². The molecule has 10 heteroatoms. The van der Waals surface area contributed by atoms with Crippen molar-refractivity contribution in [3.63, 3.8) is 0 Å². The summed E-state index contributed by atoms with van der Waals surface area (Å²) in [5, 5.41) is 15.3. The van der Waals surface area contributed by atoms with E-state index >= 15 is 0 Å². The summed E-state index contributed by atoms with van der Waals surface area (Å²) in [6.45, 7) is 1.83. The Morgan fingerprint density at radius 1 is 1.16 bits per heavy atom. The molecule has 3 aromatic rings. The Balaban J connectivity index is 1.57. The Hall–Kier alpha value is -2.49. The van der Waals surface area contributed by atoms with Crippen LogP contribution < -0.4 is 10.6 Å². The second kappa shape index (κ2) is 10.7. The third-order valence-corrected chi connectivity index (χ3v) is 6.39. The maximum absolute atomic E-state index is 12.4. The molecule has 0 saturated heterocycles. The number of halogens is 1. The zero-order chi connectivity index (χ0) is 22.4. The van der Waals surface area contributed by atoms with Crippen LogP contribution in [0, 0.1) is 0 Å². The smallest absolute Gasteiger partial charge is 0.251 e. The van der Waals surface area contributed by atoms with Crippen LogP contribution in [0.2, 0.25) is 5.02 Å². The van der Waals surface area contributed by atoms with Gasteiger partial charge in [0.25, 0.3) is 5.91 Å². The molecule has 2 aromatic carbocycles. The van der Waals surface area contributed by atoms with E-state index in [0.29, 0.717) is 21.6 Å². The first kappa shape index (κ1) is 23.2. The average Bonchev–Trinajstić information content (AvgIpc) is 3.13. The number of carbonyl (C=O) groups excluding carboxylic acids is 2. The highest BCUT2D eigenvalue weighted by molar-refractivity contribution is 7.99.